The predicted octanol–water partition coefficient (Wildman–Crippen LogP) is 1.99. The predicted molar refractivity (Wildman–Crippen MR) is 74.9 cm³/mol. The zero-order chi connectivity index (χ0) is 13.8. The second-order valence-electron chi connectivity index (χ2n) is 5.39. The molecule has 104 valence electrons. The topological polar surface area (TPSA) is 61.4 Å². The van der Waals surface area contributed by atoms with Crippen LogP contribution in [0.5, 0.6) is 0 Å². The number of carbonyl (C=O) groups is 1. The van der Waals surface area contributed by atoms with Crippen LogP contribution in [0.25, 0.3) is 0 Å². The molecule has 0 spiro atoms. The van der Waals surface area contributed by atoms with Gasteiger partial charge in [-0.1, -0.05) is 31.2 Å². The number of urea groups is 1. The highest BCUT2D eigenvalue weighted by Crippen LogP contribution is 2.33. The summed E-state index contributed by atoms with van der Waals surface area (Å²) >= 11 is 0. The van der Waals surface area contributed by atoms with Gasteiger partial charge in [-0.2, -0.15) is 0 Å². The number of benzene rings is 1. The number of hydrogen-bond acceptors (Lipinski definition) is 2. The summed E-state index contributed by atoms with van der Waals surface area (Å²) in [6, 6.07) is 7.88. The van der Waals surface area contributed by atoms with Gasteiger partial charge in [0.2, 0.25) is 0 Å². The van der Waals surface area contributed by atoms with E-state index in [1.165, 1.54) is 11.1 Å². The number of fused-ring (bicyclic) bond motifs is 1. The van der Waals surface area contributed by atoms with Gasteiger partial charge in [0.1, 0.15) is 0 Å². The molecule has 19 heavy (non-hydrogen) atoms. The van der Waals surface area contributed by atoms with Gasteiger partial charge in [0, 0.05) is 0 Å². The smallest absolute Gasteiger partial charge is 0.315 e. The number of carbonyl (C=O) groups excluding carboxylic acids is 1. The number of rotatable bonds is 3. The van der Waals surface area contributed by atoms with E-state index in [1.807, 2.05) is 12.1 Å². The van der Waals surface area contributed by atoms with Gasteiger partial charge in [-0.15, -0.1) is 0 Å². The normalized spacial score (nSPS) is 23.3. The highest BCUT2D eigenvalue weighted by molar-refractivity contribution is 5.75. The molecular formula is C15H22N2O2. The van der Waals surface area contributed by atoms with E-state index in [-0.39, 0.29) is 24.7 Å². The van der Waals surface area contributed by atoms with Crippen LogP contribution in [0, 0.1) is 5.92 Å². The van der Waals surface area contributed by atoms with Crippen molar-refractivity contribution in [3.8, 4) is 0 Å². The Morgan fingerprint density at radius 2 is 2.21 bits per heavy atom. The molecule has 1 aromatic carbocycles. The Bertz CT molecular complexity index is 448. The van der Waals surface area contributed by atoms with Gasteiger partial charge in [0.25, 0.3) is 0 Å². The molecule has 0 aliphatic heterocycles. The van der Waals surface area contributed by atoms with Gasteiger partial charge in [-0.25, -0.2) is 4.79 Å². The monoisotopic (exact) mass is 262 g/mol. The number of hydrogen-bond donors (Lipinski definition) is 3. The van der Waals surface area contributed by atoms with E-state index in [2.05, 4.69) is 29.7 Å². The van der Waals surface area contributed by atoms with E-state index in [0.29, 0.717) is 5.92 Å². The number of amides is 2. The number of nitrogens with one attached hydrogen (secondary N) is 2. The Hall–Kier alpha value is -1.55. The number of aliphatic hydroxyl groups is 1. The number of aliphatic hydroxyl groups excluding tert-OH is 1. The minimum Gasteiger partial charge on any atom is -0.394 e. The molecule has 0 bridgehead atoms. The van der Waals surface area contributed by atoms with Gasteiger partial charge in [-0.05, 0) is 36.8 Å². The molecule has 3 atom stereocenters. The summed E-state index contributed by atoms with van der Waals surface area (Å²) in [5, 5.41) is 14.7. The summed E-state index contributed by atoms with van der Waals surface area (Å²) in [5.41, 5.74) is 2.54. The first-order valence-electron chi connectivity index (χ1n) is 6.87. The van der Waals surface area contributed by atoms with Crippen LogP contribution in [0.3, 0.4) is 0 Å². The summed E-state index contributed by atoms with van der Waals surface area (Å²) in [6.45, 7) is 3.89. The highest BCUT2D eigenvalue weighted by atomic mass is 16.3. The zero-order valence-corrected chi connectivity index (χ0v) is 11.5. The van der Waals surface area contributed by atoms with Gasteiger partial charge in [0.05, 0.1) is 18.7 Å². The first kappa shape index (κ1) is 13.9. The van der Waals surface area contributed by atoms with Crippen LogP contribution in [0.4, 0.5) is 4.79 Å². The average molecular weight is 262 g/mol. The molecule has 2 rings (SSSR count). The van der Waals surface area contributed by atoms with Crippen molar-refractivity contribution in [1.82, 2.24) is 10.6 Å². The molecule has 0 fully saturated rings. The lowest BCUT2D eigenvalue weighted by Gasteiger charge is -2.32. The van der Waals surface area contributed by atoms with E-state index in [0.717, 1.165) is 12.8 Å². The Labute approximate surface area is 114 Å². The third kappa shape index (κ3) is 3.26. The minimum atomic E-state index is -0.228. The third-order valence-electron chi connectivity index (χ3n) is 3.77. The fourth-order valence-corrected chi connectivity index (χ4v) is 2.59. The fraction of sp³-hybridized carbons (Fsp3) is 0.533. The maximum absolute atomic E-state index is 11.9. The second kappa shape index (κ2) is 6.06. The van der Waals surface area contributed by atoms with Crippen LogP contribution in [-0.2, 0) is 6.42 Å². The van der Waals surface area contributed by atoms with Gasteiger partial charge in [-0.3, -0.25) is 0 Å². The molecule has 0 saturated heterocycles. The molecule has 1 aliphatic carbocycles. The summed E-state index contributed by atoms with van der Waals surface area (Å²) in [6.07, 6.45) is 2.15. The molecule has 4 nitrogen and oxygen atoms in total. The van der Waals surface area contributed by atoms with Crippen LogP contribution in [0.15, 0.2) is 24.3 Å². The first-order chi connectivity index (χ1) is 9.11. The van der Waals surface area contributed by atoms with E-state index in [1.54, 1.807) is 6.92 Å². The van der Waals surface area contributed by atoms with Gasteiger partial charge in [0.15, 0.2) is 0 Å². The second-order valence-corrected chi connectivity index (χ2v) is 5.39. The van der Waals surface area contributed by atoms with Crippen molar-refractivity contribution >= 4 is 6.03 Å². The molecule has 1 aromatic rings. The zero-order valence-electron chi connectivity index (χ0n) is 11.5. The highest BCUT2D eigenvalue weighted by Gasteiger charge is 2.27. The van der Waals surface area contributed by atoms with E-state index in [4.69, 9.17) is 5.11 Å². The van der Waals surface area contributed by atoms with Crippen LogP contribution >= 0.6 is 0 Å². The van der Waals surface area contributed by atoms with Crippen LogP contribution in [-0.4, -0.2) is 23.8 Å². The summed E-state index contributed by atoms with van der Waals surface area (Å²) in [7, 11) is 0. The summed E-state index contributed by atoms with van der Waals surface area (Å²) in [5.74, 6) is 0.421. The standard InChI is InChI=1S/C15H22N2O2/c1-10-7-8-12-5-3-4-6-13(12)14(10)17-15(19)16-11(2)9-18/h3-6,10-11,14,18H,7-9H2,1-2H3,(H2,16,17,19). The molecule has 2 amide bonds. The average Bonchev–Trinajstić information content (AvgIpc) is 2.42. The Kier molecular flexibility index (Phi) is 4.43. The third-order valence-corrected chi connectivity index (χ3v) is 3.77. The fourth-order valence-electron chi connectivity index (χ4n) is 2.59. The van der Waals surface area contributed by atoms with Crippen molar-refractivity contribution in [2.24, 2.45) is 5.92 Å². The quantitative estimate of drug-likeness (QED) is 0.780. The van der Waals surface area contributed by atoms with Crippen LogP contribution in [0.2, 0.25) is 0 Å². The summed E-state index contributed by atoms with van der Waals surface area (Å²) in [4.78, 5) is 11.9. The maximum Gasteiger partial charge on any atom is 0.315 e. The minimum absolute atomic E-state index is 0.0514. The van der Waals surface area contributed by atoms with Crippen molar-refractivity contribution in [2.45, 2.75) is 38.8 Å². The molecule has 0 saturated carbocycles. The Balaban J connectivity index is 2.09. The van der Waals surface area contributed by atoms with E-state index >= 15 is 0 Å². The largest absolute Gasteiger partial charge is 0.394 e. The Morgan fingerprint density at radius 1 is 1.47 bits per heavy atom. The van der Waals surface area contributed by atoms with Crippen LogP contribution < -0.4 is 10.6 Å². The van der Waals surface area contributed by atoms with E-state index < -0.39 is 0 Å². The molecule has 3 N–H and O–H groups in total. The molecule has 0 aromatic heterocycles. The lowest BCUT2D eigenvalue weighted by molar-refractivity contribution is 0.212. The molecular weight excluding hydrogens is 240 g/mol. The van der Waals surface area contributed by atoms with E-state index in [9.17, 15) is 4.79 Å². The summed E-state index contributed by atoms with van der Waals surface area (Å²) < 4.78 is 0. The van der Waals surface area contributed by atoms with Crippen molar-refractivity contribution < 1.29 is 9.90 Å². The van der Waals surface area contributed by atoms with Crippen molar-refractivity contribution in [1.29, 1.82) is 0 Å². The van der Waals surface area contributed by atoms with Crippen molar-refractivity contribution in [2.75, 3.05) is 6.61 Å². The maximum atomic E-state index is 11.9. The van der Waals surface area contributed by atoms with Gasteiger partial charge < -0.3 is 15.7 Å². The molecule has 1 aliphatic rings. The number of aryl methyl sites for hydroxylation is 1. The lowest BCUT2D eigenvalue weighted by atomic mass is 9.81. The molecule has 4 heteroatoms. The van der Waals surface area contributed by atoms with Crippen LogP contribution in [0.1, 0.15) is 37.4 Å². The SMILES string of the molecule is CC(CO)NC(=O)NC1c2ccccc2CCC1C. The molecule has 3 unspecified atom stereocenters. The van der Waals surface area contributed by atoms with Gasteiger partial charge >= 0.3 is 6.03 Å². The first-order valence-corrected chi connectivity index (χ1v) is 6.87. The van der Waals surface area contributed by atoms with Crippen molar-refractivity contribution in [3.05, 3.63) is 35.4 Å². The lowest BCUT2D eigenvalue weighted by Crippen LogP contribution is -2.45. The molecule has 0 radical (unpaired) electrons. The van der Waals surface area contributed by atoms with Crippen molar-refractivity contribution in [3.63, 3.8) is 0 Å². The Morgan fingerprint density at radius 3 is 2.95 bits per heavy atom. The molecule has 0 heterocycles.